The molecule has 2 aromatic carbocycles. The Balaban J connectivity index is 1.92. The van der Waals surface area contributed by atoms with E-state index < -0.39 is 0 Å². The molecule has 2 aromatic rings. The Hall–Kier alpha value is -2.82. The maximum absolute atomic E-state index is 12.2. The van der Waals surface area contributed by atoms with Gasteiger partial charge in [-0.05, 0) is 35.7 Å². The molecule has 0 spiro atoms. The summed E-state index contributed by atoms with van der Waals surface area (Å²) in [6, 6.07) is 11.5. The molecule has 1 atom stereocenters. The summed E-state index contributed by atoms with van der Waals surface area (Å²) in [7, 11) is 1.38. The number of carbonyl (C=O) groups excluding carboxylic acids is 2. The maximum atomic E-state index is 12.2. The summed E-state index contributed by atoms with van der Waals surface area (Å²) in [4.78, 5) is 24.0. The largest absolute Gasteiger partial charge is 0.487 e. The van der Waals surface area contributed by atoms with Gasteiger partial charge in [-0.1, -0.05) is 38.1 Å². The van der Waals surface area contributed by atoms with Crippen molar-refractivity contribution in [3.63, 3.8) is 0 Å². The number of hydrogen-bond donors (Lipinski definition) is 1. The lowest BCUT2D eigenvalue weighted by Gasteiger charge is -2.16. The summed E-state index contributed by atoms with van der Waals surface area (Å²) in [5.41, 5.74) is 4.36. The average molecular weight is 367 g/mol. The Morgan fingerprint density at radius 1 is 1.22 bits per heavy atom. The maximum Gasteiger partial charge on any atom is 0.338 e. The first-order valence-electron chi connectivity index (χ1n) is 9.16. The smallest absolute Gasteiger partial charge is 0.338 e. The third-order valence-corrected chi connectivity index (χ3v) is 4.69. The number of carbonyl (C=O) groups is 2. The van der Waals surface area contributed by atoms with Crippen LogP contribution in [0.4, 0.5) is 0 Å². The molecular weight excluding hydrogens is 342 g/mol. The van der Waals surface area contributed by atoms with E-state index in [0.29, 0.717) is 12.1 Å². The number of amides is 1. The van der Waals surface area contributed by atoms with Crippen LogP contribution in [0.25, 0.3) is 11.1 Å². The topological polar surface area (TPSA) is 64.6 Å². The Morgan fingerprint density at radius 3 is 2.67 bits per heavy atom. The Morgan fingerprint density at radius 2 is 1.96 bits per heavy atom. The van der Waals surface area contributed by atoms with E-state index in [1.54, 1.807) is 6.07 Å². The summed E-state index contributed by atoms with van der Waals surface area (Å²) in [6.45, 7) is 6.22. The number of nitrogens with one attached hydrogen (secondary N) is 1. The van der Waals surface area contributed by atoms with Gasteiger partial charge in [-0.3, -0.25) is 4.79 Å². The lowest BCUT2D eigenvalue weighted by molar-refractivity contribution is -0.124. The van der Waals surface area contributed by atoms with Crippen molar-refractivity contribution in [1.29, 1.82) is 0 Å². The molecule has 0 saturated carbocycles. The molecule has 27 heavy (non-hydrogen) atoms. The zero-order chi connectivity index (χ0) is 19.6. The molecule has 1 N–H and O–H groups in total. The van der Waals surface area contributed by atoms with Gasteiger partial charge in [0.25, 0.3) is 0 Å². The van der Waals surface area contributed by atoms with E-state index in [1.807, 2.05) is 45.0 Å². The molecule has 0 aliphatic carbocycles. The van der Waals surface area contributed by atoms with Crippen molar-refractivity contribution in [3.05, 3.63) is 53.1 Å². The number of hydrogen-bond acceptors (Lipinski definition) is 4. The molecular formula is C22H25NO4. The first-order valence-corrected chi connectivity index (χ1v) is 9.16. The molecule has 1 heterocycles. The van der Waals surface area contributed by atoms with Gasteiger partial charge >= 0.3 is 5.97 Å². The molecule has 1 amide bonds. The molecule has 5 nitrogen and oxygen atoms in total. The van der Waals surface area contributed by atoms with Crippen molar-refractivity contribution in [2.45, 2.75) is 33.3 Å². The van der Waals surface area contributed by atoms with Gasteiger partial charge in [0.1, 0.15) is 11.9 Å². The van der Waals surface area contributed by atoms with Gasteiger partial charge < -0.3 is 14.8 Å². The molecule has 1 aliphatic heterocycles. The van der Waals surface area contributed by atoms with E-state index in [4.69, 9.17) is 9.47 Å². The summed E-state index contributed by atoms with van der Waals surface area (Å²) in [5, 5.41) is 2.93. The van der Waals surface area contributed by atoms with Crippen LogP contribution in [0.15, 0.2) is 36.4 Å². The van der Waals surface area contributed by atoms with E-state index >= 15 is 0 Å². The third-order valence-electron chi connectivity index (χ3n) is 4.69. The quantitative estimate of drug-likeness (QED) is 0.821. The van der Waals surface area contributed by atoms with Gasteiger partial charge in [0.05, 0.1) is 19.2 Å². The second kappa shape index (κ2) is 7.82. The zero-order valence-electron chi connectivity index (χ0n) is 16.2. The van der Waals surface area contributed by atoms with Crippen LogP contribution >= 0.6 is 0 Å². The molecule has 0 radical (unpaired) electrons. The molecule has 1 aliphatic rings. The number of rotatable bonds is 5. The normalized spacial score (nSPS) is 15.2. The second-order valence-electron chi connectivity index (χ2n) is 7.18. The summed E-state index contributed by atoms with van der Waals surface area (Å²) >= 11 is 0. The number of benzene rings is 2. The fourth-order valence-corrected chi connectivity index (χ4v) is 3.33. The molecule has 5 heteroatoms. The Kier molecular flexibility index (Phi) is 5.49. The summed E-state index contributed by atoms with van der Waals surface area (Å²) < 4.78 is 11.1. The van der Waals surface area contributed by atoms with Crippen LogP contribution in [0.1, 0.15) is 35.3 Å². The highest BCUT2D eigenvalue weighted by Gasteiger charge is 2.28. The highest BCUT2D eigenvalue weighted by molar-refractivity contribution is 5.98. The molecule has 0 bridgehead atoms. The van der Waals surface area contributed by atoms with E-state index in [2.05, 4.69) is 11.4 Å². The number of methoxy groups -OCH3 is 1. The fraction of sp³-hybridized carbons (Fsp3) is 0.364. The van der Waals surface area contributed by atoms with Gasteiger partial charge in [0.2, 0.25) is 5.91 Å². The van der Waals surface area contributed by atoms with Crippen LogP contribution in [-0.2, 0) is 16.0 Å². The number of ether oxygens (including phenoxy) is 2. The summed E-state index contributed by atoms with van der Waals surface area (Å²) in [5.74, 6) is 0.362. The van der Waals surface area contributed by atoms with Crippen LogP contribution in [0.3, 0.4) is 0 Å². The van der Waals surface area contributed by atoms with Gasteiger partial charge in [-0.25, -0.2) is 4.79 Å². The monoisotopic (exact) mass is 367 g/mol. The second-order valence-corrected chi connectivity index (χ2v) is 7.18. The number of fused-ring (bicyclic) bond motifs is 1. The fourth-order valence-electron chi connectivity index (χ4n) is 3.33. The molecule has 3 rings (SSSR count). The van der Waals surface area contributed by atoms with E-state index in [0.717, 1.165) is 34.4 Å². The lowest BCUT2D eigenvalue weighted by atomic mass is 9.94. The minimum atomic E-state index is -0.375. The van der Waals surface area contributed by atoms with Crippen LogP contribution in [0.5, 0.6) is 5.75 Å². The summed E-state index contributed by atoms with van der Waals surface area (Å²) in [6.07, 6.45) is 0.608. The predicted octanol–water partition coefficient (Wildman–Crippen LogP) is 3.52. The van der Waals surface area contributed by atoms with Crippen LogP contribution in [0, 0.1) is 12.8 Å². The van der Waals surface area contributed by atoms with Gasteiger partial charge in [0, 0.05) is 17.9 Å². The Bertz CT molecular complexity index is 873. The molecule has 0 saturated heterocycles. The number of aryl methyl sites for hydroxylation is 1. The van der Waals surface area contributed by atoms with Gasteiger partial charge in [-0.2, -0.15) is 0 Å². The highest BCUT2D eigenvalue weighted by atomic mass is 16.5. The van der Waals surface area contributed by atoms with E-state index in [-0.39, 0.29) is 23.9 Å². The van der Waals surface area contributed by atoms with Crippen molar-refractivity contribution in [3.8, 4) is 16.9 Å². The van der Waals surface area contributed by atoms with Crippen molar-refractivity contribution >= 4 is 11.9 Å². The molecule has 142 valence electrons. The lowest BCUT2D eigenvalue weighted by Crippen LogP contribution is -2.36. The molecule has 0 aromatic heterocycles. The zero-order valence-corrected chi connectivity index (χ0v) is 16.2. The van der Waals surface area contributed by atoms with Gasteiger partial charge in [0.15, 0.2) is 0 Å². The van der Waals surface area contributed by atoms with Gasteiger partial charge in [-0.15, -0.1) is 0 Å². The average Bonchev–Trinajstić information content (AvgIpc) is 3.07. The standard InChI is InChI=1S/C22H25NO4/c1-13(2)21(24)23-12-16-11-15-9-14(3)10-19(20(15)27-16)17-7-5-6-8-18(17)22(25)26-4/h5-10,13,16H,11-12H2,1-4H3,(H,23,24). The van der Waals surface area contributed by atoms with E-state index in [9.17, 15) is 9.59 Å². The minimum absolute atomic E-state index is 0.0157. The third kappa shape index (κ3) is 3.97. The first-order chi connectivity index (χ1) is 12.9. The van der Waals surface area contributed by atoms with Crippen molar-refractivity contribution in [2.24, 2.45) is 5.92 Å². The van der Waals surface area contributed by atoms with Crippen molar-refractivity contribution in [1.82, 2.24) is 5.32 Å². The van der Waals surface area contributed by atoms with E-state index in [1.165, 1.54) is 7.11 Å². The molecule has 1 unspecified atom stereocenters. The minimum Gasteiger partial charge on any atom is -0.487 e. The van der Waals surface area contributed by atoms with Crippen molar-refractivity contribution in [2.75, 3.05) is 13.7 Å². The van der Waals surface area contributed by atoms with Crippen LogP contribution in [-0.4, -0.2) is 31.6 Å². The van der Waals surface area contributed by atoms with Crippen molar-refractivity contribution < 1.29 is 19.1 Å². The predicted molar refractivity (Wildman–Crippen MR) is 104 cm³/mol. The Labute approximate surface area is 159 Å². The van der Waals surface area contributed by atoms with Crippen LogP contribution < -0.4 is 10.1 Å². The number of esters is 1. The highest BCUT2D eigenvalue weighted by Crippen LogP contribution is 2.41. The van der Waals surface area contributed by atoms with Crippen LogP contribution in [0.2, 0.25) is 0 Å². The molecule has 0 fully saturated rings. The SMILES string of the molecule is COC(=O)c1ccccc1-c1cc(C)cc2c1OC(CNC(=O)C(C)C)C2. The first kappa shape index (κ1) is 19.0.